The van der Waals surface area contributed by atoms with Crippen molar-refractivity contribution in [2.75, 3.05) is 19.9 Å². The average Bonchev–Trinajstić information content (AvgIpc) is 3.24. The second-order valence-electron chi connectivity index (χ2n) is 5.62. The van der Waals surface area contributed by atoms with Gasteiger partial charge in [-0.3, -0.25) is 4.79 Å². The Morgan fingerprint density at radius 2 is 2.12 bits per heavy atom. The van der Waals surface area contributed by atoms with Crippen molar-refractivity contribution in [1.82, 2.24) is 15.6 Å². The lowest BCUT2D eigenvalue weighted by Gasteiger charge is -2.23. The number of carbonyl (C=O) groups excluding carboxylic acids is 1. The van der Waals surface area contributed by atoms with Gasteiger partial charge < -0.3 is 20.1 Å². The molecule has 0 saturated carbocycles. The molecular weight excluding hydrogens is 385 g/mol. The first-order valence-electron chi connectivity index (χ1n) is 7.67. The van der Waals surface area contributed by atoms with Crippen LogP contribution < -0.4 is 20.1 Å². The highest BCUT2D eigenvalue weighted by molar-refractivity contribution is 7.13. The Labute approximate surface area is 162 Å². The van der Waals surface area contributed by atoms with Crippen LogP contribution in [0.15, 0.2) is 23.6 Å². The first-order chi connectivity index (χ1) is 11.3. The van der Waals surface area contributed by atoms with Crippen LogP contribution in [0.3, 0.4) is 0 Å². The molecule has 1 aromatic heterocycles. The number of carbonyl (C=O) groups is 1. The number of amides is 1. The average molecular weight is 404 g/mol. The molecule has 0 bridgehead atoms. The van der Waals surface area contributed by atoms with E-state index in [9.17, 15) is 4.79 Å². The Kier molecular flexibility index (Phi) is 6.89. The second-order valence-corrected chi connectivity index (χ2v) is 6.48. The van der Waals surface area contributed by atoms with Gasteiger partial charge in [0.25, 0.3) is 5.91 Å². The number of piperidine rings is 1. The molecule has 1 unspecified atom stereocenters. The maximum atomic E-state index is 12.3. The summed E-state index contributed by atoms with van der Waals surface area (Å²) >= 11 is 1.45. The number of ether oxygens (including phenoxy) is 2. The summed E-state index contributed by atoms with van der Waals surface area (Å²) in [6.45, 7) is 2.10. The van der Waals surface area contributed by atoms with Gasteiger partial charge in [-0.2, -0.15) is 0 Å². The van der Waals surface area contributed by atoms with E-state index in [4.69, 9.17) is 9.47 Å². The lowest BCUT2D eigenvalue weighted by atomic mass is 10.1. The van der Waals surface area contributed by atoms with Crippen LogP contribution in [0, 0.1) is 0 Å². The Balaban J connectivity index is 0.00000113. The van der Waals surface area contributed by atoms with Gasteiger partial charge >= 0.3 is 0 Å². The summed E-state index contributed by atoms with van der Waals surface area (Å²) in [4.78, 5) is 16.8. The monoisotopic (exact) mass is 403 g/mol. The van der Waals surface area contributed by atoms with Gasteiger partial charge in [0.15, 0.2) is 11.5 Å². The minimum atomic E-state index is -0.109. The lowest BCUT2D eigenvalue weighted by molar-refractivity contribution is 0.0926. The van der Waals surface area contributed by atoms with Crippen LogP contribution in [0.2, 0.25) is 0 Å². The molecule has 0 spiro atoms. The van der Waals surface area contributed by atoms with Crippen molar-refractivity contribution >= 4 is 42.1 Å². The predicted octanol–water partition coefficient (Wildman–Crippen LogP) is 2.86. The van der Waals surface area contributed by atoms with Crippen molar-refractivity contribution in [2.24, 2.45) is 0 Å². The Morgan fingerprint density at radius 1 is 1.28 bits per heavy atom. The summed E-state index contributed by atoms with van der Waals surface area (Å²) in [6, 6.07) is 5.88. The van der Waals surface area contributed by atoms with Crippen molar-refractivity contribution in [2.45, 2.75) is 18.9 Å². The smallest absolute Gasteiger partial charge is 0.271 e. The summed E-state index contributed by atoms with van der Waals surface area (Å²) in [6.07, 6.45) is 2.10. The highest BCUT2D eigenvalue weighted by atomic mass is 35.5. The SMILES string of the molecule is Cl.Cl.O=C(NC1CCCNC1)c1csc(-c2ccc3c(c2)OCO3)n1. The predicted molar refractivity (Wildman–Crippen MR) is 102 cm³/mol. The maximum Gasteiger partial charge on any atom is 0.271 e. The number of nitrogens with one attached hydrogen (secondary N) is 2. The number of rotatable bonds is 3. The second kappa shape index (κ2) is 8.71. The van der Waals surface area contributed by atoms with Crippen LogP contribution in [0.4, 0.5) is 0 Å². The van der Waals surface area contributed by atoms with E-state index in [1.54, 1.807) is 5.38 Å². The molecule has 0 aliphatic carbocycles. The minimum absolute atomic E-state index is 0. The third-order valence-electron chi connectivity index (χ3n) is 3.99. The summed E-state index contributed by atoms with van der Waals surface area (Å²) < 4.78 is 10.7. The third kappa shape index (κ3) is 4.36. The zero-order valence-corrected chi connectivity index (χ0v) is 15.8. The van der Waals surface area contributed by atoms with E-state index in [0.717, 1.165) is 48.0 Å². The third-order valence-corrected chi connectivity index (χ3v) is 4.88. The van der Waals surface area contributed by atoms with E-state index in [-0.39, 0.29) is 43.6 Å². The van der Waals surface area contributed by atoms with Crippen LogP contribution in [0.5, 0.6) is 11.5 Å². The molecule has 0 radical (unpaired) electrons. The lowest BCUT2D eigenvalue weighted by Crippen LogP contribution is -2.45. The molecule has 4 rings (SSSR count). The fourth-order valence-electron chi connectivity index (χ4n) is 2.77. The zero-order chi connectivity index (χ0) is 15.6. The first-order valence-corrected chi connectivity index (χ1v) is 8.55. The van der Waals surface area contributed by atoms with E-state index in [0.29, 0.717) is 5.69 Å². The highest BCUT2D eigenvalue weighted by Gasteiger charge is 2.19. The fourth-order valence-corrected chi connectivity index (χ4v) is 3.57. The maximum absolute atomic E-state index is 12.3. The molecule has 2 N–H and O–H groups in total. The Bertz CT molecular complexity index is 735. The summed E-state index contributed by atoms with van der Waals surface area (Å²) in [7, 11) is 0. The van der Waals surface area contributed by atoms with E-state index in [2.05, 4.69) is 15.6 Å². The van der Waals surface area contributed by atoms with Crippen LogP contribution >= 0.6 is 36.2 Å². The molecule has 25 heavy (non-hydrogen) atoms. The van der Waals surface area contributed by atoms with Crippen molar-refractivity contribution < 1.29 is 14.3 Å². The molecule has 136 valence electrons. The molecule has 6 nitrogen and oxygen atoms in total. The zero-order valence-electron chi connectivity index (χ0n) is 13.3. The molecule has 1 fully saturated rings. The van der Waals surface area contributed by atoms with E-state index < -0.39 is 0 Å². The van der Waals surface area contributed by atoms with Crippen molar-refractivity contribution in [3.8, 4) is 22.1 Å². The van der Waals surface area contributed by atoms with Gasteiger partial charge in [-0.15, -0.1) is 36.2 Å². The first kappa shape index (κ1) is 19.8. The van der Waals surface area contributed by atoms with Crippen molar-refractivity contribution in [1.29, 1.82) is 0 Å². The van der Waals surface area contributed by atoms with Gasteiger partial charge in [0.1, 0.15) is 10.7 Å². The molecular formula is C16H19Cl2N3O3S. The van der Waals surface area contributed by atoms with Gasteiger partial charge in [-0.25, -0.2) is 4.98 Å². The molecule has 1 aromatic carbocycles. The fraction of sp³-hybridized carbons (Fsp3) is 0.375. The number of benzene rings is 1. The molecule has 1 atom stereocenters. The molecule has 9 heteroatoms. The minimum Gasteiger partial charge on any atom is -0.454 e. The van der Waals surface area contributed by atoms with E-state index >= 15 is 0 Å². The summed E-state index contributed by atoms with van der Waals surface area (Å²) in [5.74, 6) is 1.35. The number of aromatic nitrogens is 1. The Hall–Kier alpha value is -1.54. The topological polar surface area (TPSA) is 72.5 Å². The Morgan fingerprint density at radius 3 is 2.92 bits per heavy atom. The van der Waals surface area contributed by atoms with Crippen molar-refractivity contribution in [3.63, 3.8) is 0 Å². The standard InChI is InChI=1S/C16H17N3O3S.2ClH/c20-15(18-11-2-1-5-17-7-11)12-8-23-16(19-12)10-3-4-13-14(6-10)22-9-21-13;;/h3-4,6,8,11,17H,1-2,5,7,9H2,(H,18,20);2*1H. The van der Waals surface area contributed by atoms with Gasteiger partial charge in [-0.05, 0) is 37.6 Å². The summed E-state index contributed by atoms with van der Waals surface area (Å²) in [5, 5.41) is 8.93. The highest BCUT2D eigenvalue weighted by Crippen LogP contribution is 2.36. The molecule has 1 saturated heterocycles. The number of hydrogen-bond donors (Lipinski definition) is 2. The summed E-state index contributed by atoms with van der Waals surface area (Å²) in [5.41, 5.74) is 1.39. The van der Waals surface area contributed by atoms with Crippen LogP contribution in [0.25, 0.3) is 10.6 Å². The number of hydrogen-bond acceptors (Lipinski definition) is 6. The number of fused-ring (bicyclic) bond motifs is 1. The van der Waals surface area contributed by atoms with Gasteiger partial charge in [0, 0.05) is 23.5 Å². The van der Waals surface area contributed by atoms with Crippen LogP contribution in [-0.2, 0) is 0 Å². The quantitative estimate of drug-likeness (QED) is 0.823. The van der Waals surface area contributed by atoms with Crippen LogP contribution in [0.1, 0.15) is 23.3 Å². The normalized spacial score (nSPS) is 18.0. The van der Waals surface area contributed by atoms with E-state index in [1.165, 1.54) is 11.3 Å². The van der Waals surface area contributed by atoms with E-state index in [1.807, 2.05) is 18.2 Å². The molecule has 2 aliphatic heterocycles. The molecule has 1 amide bonds. The van der Waals surface area contributed by atoms with Crippen LogP contribution in [-0.4, -0.2) is 36.8 Å². The van der Waals surface area contributed by atoms with Gasteiger partial charge in [-0.1, -0.05) is 0 Å². The number of halogens is 2. The number of thiazole rings is 1. The van der Waals surface area contributed by atoms with Gasteiger partial charge in [0.05, 0.1) is 0 Å². The van der Waals surface area contributed by atoms with Crippen molar-refractivity contribution in [3.05, 3.63) is 29.3 Å². The largest absolute Gasteiger partial charge is 0.454 e. The molecule has 3 heterocycles. The molecule has 2 aromatic rings. The van der Waals surface area contributed by atoms with Gasteiger partial charge in [0.2, 0.25) is 6.79 Å². The number of nitrogens with zero attached hydrogens (tertiary/aromatic N) is 1. The molecule has 2 aliphatic rings.